The maximum atomic E-state index is 12.4. The Kier molecular flexibility index (Phi) is 5.38. The number of halogens is 1. The van der Waals surface area contributed by atoms with Gasteiger partial charge in [0.15, 0.2) is 11.6 Å². The number of carbonyl (C=O) groups is 2. The van der Waals surface area contributed by atoms with Gasteiger partial charge in [-0.25, -0.2) is 9.97 Å². The van der Waals surface area contributed by atoms with Crippen LogP contribution in [0, 0.1) is 0 Å². The highest BCUT2D eigenvalue weighted by atomic mass is 35.5. The Hall–Kier alpha value is -3.07. The number of thiophene rings is 2. The largest absolute Gasteiger partial charge is 0.275 e. The summed E-state index contributed by atoms with van der Waals surface area (Å²) in [7, 11) is 0. The molecule has 0 spiro atoms. The first-order chi connectivity index (χ1) is 14.1. The first kappa shape index (κ1) is 20.2. The highest BCUT2D eigenvalue weighted by molar-refractivity contribution is 7.17. The van der Waals surface area contributed by atoms with Gasteiger partial charge in [-0.1, -0.05) is 36.4 Å². The first-order valence-corrected chi connectivity index (χ1v) is 10.6. The minimum Gasteiger partial charge on any atom is -0.271 e. The number of hydrogen-bond donors (Lipinski definition) is 1. The Morgan fingerprint density at radius 3 is 2.47 bits per heavy atom. The fourth-order valence-corrected chi connectivity index (χ4v) is 4.77. The number of carbonyl (C=O) groups excluding carboxylic acids is 2. The number of hydrazine groups is 1. The number of anilines is 1. The van der Waals surface area contributed by atoms with Gasteiger partial charge < -0.3 is 0 Å². The molecule has 0 bridgehead atoms. The molecule has 0 radical (unpaired) electrons. The normalized spacial score (nSPS) is 13.5. The van der Waals surface area contributed by atoms with Crippen LogP contribution in [0.3, 0.4) is 0 Å². The molecule has 0 saturated carbocycles. The highest BCUT2D eigenvalue weighted by Crippen LogP contribution is 2.39. The molecule has 6 nitrogen and oxygen atoms in total. The average Bonchev–Trinajstić information content (AvgIpc) is 3.45. The van der Waals surface area contributed by atoms with Gasteiger partial charge in [-0.3, -0.25) is 15.0 Å². The number of rotatable bonds is 4. The molecule has 30 heavy (non-hydrogen) atoms. The van der Waals surface area contributed by atoms with Crippen LogP contribution in [0.1, 0.15) is 6.92 Å². The van der Waals surface area contributed by atoms with Crippen molar-refractivity contribution in [3.8, 4) is 21.8 Å². The second kappa shape index (κ2) is 7.98. The van der Waals surface area contributed by atoms with Crippen molar-refractivity contribution in [3.63, 3.8) is 0 Å². The number of nitrogens with one attached hydrogen (secondary N) is 1. The van der Waals surface area contributed by atoms with Crippen LogP contribution < -0.4 is 5.43 Å². The number of hydrogen-bond acceptors (Lipinski definition) is 7. The maximum Gasteiger partial charge on any atom is 0.275 e. The van der Waals surface area contributed by atoms with Crippen molar-refractivity contribution in [2.75, 3.05) is 5.43 Å². The van der Waals surface area contributed by atoms with Crippen LogP contribution in [0.25, 0.3) is 32.0 Å². The zero-order chi connectivity index (χ0) is 20.0. The molecule has 5 rings (SSSR count). The lowest BCUT2D eigenvalue weighted by Crippen LogP contribution is -2.36. The third kappa shape index (κ3) is 3.39. The molecule has 1 aliphatic rings. The van der Waals surface area contributed by atoms with Crippen LogP contribution in [0.2, 0.25) is 0 Å². The number of imide groups is 1. The standard InChI is InChI=1S/C21H14N4O2S2.ClH/c1-12-10-16(26)25(21(12)27)24-19-17-14(13-6-3-2-4-7-13)11-29-20(17)23-18(22-19)15-8-5-9-28-15;/h2-11H,1H3,(H,22,23,24);1H. The van der Waals surface area contributed by atoms with Crippen LogP contribution >= 0.6 is 35.1 Å². The van der Waals surface area contributed by atoms with E-state index in [9.17, 15) is 9.59 Å². The number of nitrogens with zero attached hydrogens (tertiary/aromatic N) is 3. The van der Waals surface area contributed by atoms with Gasteiger partial charge in [-0.05, 0) is 23.9 Å². The summed E-state index contributed by atoms with van der Waals surface area (Å²) in [5.41, 5.74) is 5.31. The minimum absolute atomic E-state index is 0. The zero-order valence-electron chi connectivity index (χ0n) is 15.7. The van der Waals surface area contributed by atoms with Crippen molar-refractivity contribution in [2.24, 2.45) is 0 Å². The van der Waals surface area contributed by atoms with Crippen molar-refractivity contribution < 1.29 is 9.59 Å². The summed E-state index contributed by atoms with van der Waals surface area (Å²) in [6.45, 7) is 1.62. The number of amides is 2. The minimum atomic E-state index is -0.409. The van der Waals surface area contributed by atoms with E-state index in [1.807, 2.05) is 53.2 Å². The molecule has 0 fully saturated rings. The number of aromatic nitrogens is 2. The predicted molar refractivity (Wildman–Crippen MR) is 123 cm³/mol. The van der Waals surface area contributed by atoms with Gasteiger partial charge in [-0.15, -0.1) is 35.1 Å². The van der Waals surface area contributed by atoms with Crippen LogP contribution in [-0.2, 0) is 9.59 Å². The lowest BCUT2D eigenvalue weighted by molar-refractivity contribution is -0.135. The smallest absolute Gasteiger partial charge is 0.271 e. The summed E-state index contributed by atoms with van der Waals surface area (Å²) < 4.78 is 0. The molecule has 4 heterocycles. The van der Waals surface area contributed by atoms with Crippen molar-refractivity contribution in [1.82, 2.24) is 15.0 Å². The van der Waals surface area contributed by atoms with E-state index in [2.05, 4.69) is 10.4 Å². The van der Waals surface area contributed by atoms with Gasteiger partial charge in [0, 0.05) is 22.6 Å². The molecule has 4 aromatic rings. The van der Waals surface area contributed by atoms with E-state index in [0.717, 1.165) is 31.2 Å². The van der Waals surface area contributed by atoms with E-state index in [4.69, 9.17) is 4.98 Å². The van der Waals surface area contributed by atoms with E-state index < -0.39 is 5.91 Å². The summed E-state index contributed by atoms with van der Waals surface area (Å²) in [6, 6.07) is 13.8. The maximum absolute atomic E-state index is 12.4. The van der Waals surface area contributed by atoms with Crippen molar-refractivity contribution in [2.45, 2.75) is 6.92 Å². The fourth-order valence-electron chi connectivity index (χ4n) is 3.17. The van der Waals surface area contributed by atoms with Crippen molar-refractivity contribution in [1.29, 1.82) is 0 Å². The van der Waals surface area contributed by atoms with Crippen LogP contribution in [-0.4, -0.2) is 26.8 Å². The molecule has 0 aliphatic carbocycles. The molecular formula is C21H15ClN4O2S2. The molecule has 1 N–H and O–H groups in total. The SMILES string of the molecule is CC1=CC(=O)N(Nc2nc(-c3cccs3)nc3scc(-c4ccccc4)c23)C1=O.Cl. The molecule has 2 amide bonds. The molecule has 0 saturated heterocycles. The average molecular weight is 455 g/mol. The van der Waals surface area contributed by atoms with E-state index in [1.165, 1.54) is 28.7 Å². The predicted octanol–water partition coefficient (Wildman–Crippen LogP) is 5.15. The Morgan fingerprint density at radius 1 is 1.00 bits per heavy atom. The van der Waals surface area contributed by atoms with E-state index >= 15 is 0 Å². The molecule has 0 unspecified atom stereocenters. The van der Waals surface area contributed by atoms with Gasteiger partial charge in [0.2, 0.25) is 0 Å². The van der Waals surface area contributed by atoms with Gasteiger partial charge in [-0.2, -0.15) is 5.01 Å². The zero-order valence-corrected chi connectivity index (χ0v) is 18.1. The van der Waals surface area contributed by atoms with E-state index in [0.29, 0.717) is 17.2 Å². The highest BCUT2D eigenvalue weighted by Gasteiger charge is 2.30. The number of benzene rings is 1. The lowest BCUT2D eigenvalue weighted by Gasteiger charge is -2.18. The topological polar surface area (TPSA) is 75.2 Å². The van der Waals surface area contributed by atoms with E-state index in [1.54, 1.807) is 6.92 Å². The summed E-state index contributed by atoms with van der Waals surface area (Å²) in [6.07, 6.45) is 1.32. The van der Waals surface area contributed by atoms with E-state index in [-0.39, 0.29) is 18.3 Å². The number of fused-ring (bicyclic) bond motifs is 1. The molecule has 150 valence electrons. The molecule has 3 aromatic heterocycles. The Labute approximate surface area is 186 Å². The molecule has 1 aromatic carbocycles. The quantitative estimate of drug-likeness (QED) is 0.431. The van der Waals surface area contributed by atoms with Gasteiger partial charge >= 0.3 is 0 Å². The lowest BCUT2D eigenvalue weighted by atomic mass is 10.1. The van der Waals surface area contributed by atoms with Crippen LogP contribution in [0.15, 0.2) is 64.9 Å². The summed E-state index contributed by atoms with van der Waals surface area (Å²) >= 11 is 3.04. The molecule has 9 heteroatoms. The summed E-state index contributed by atoms with van der Waals surface area (Å²) in [4.78, 5) is 35.8. The first-order valence-electron chi connectivity index (χ1n) is 8.84. The summed E-state index contributed by atoms with van der Waals surface area (Å²) in [5.74, 6) is 0.202. The Balaban J connectivity index is 0.00000218. The fraction of sp³-hybridized carbons (Fsp3) is 0.0476. The van der Waals surface area contributed by atoms with Crippen LogP contribution in [0.5, 0.6) is 0 Å². The Bertz CT molecular complexity index is 1280. The van der Waals surface area contributed by atoms with Gasteiger partial charge in [0.25, 0.3) is 11.8 Å². The third-order valence-electron chi connectivity index (χ3n) is 4.58. The van der Waals surface area contributed by atoms with Crippen LogP contribution in [0.4, 0.5) is 5.82 Å². The second-order valence-corrected chi connectivity index (χ2v) is 8.29. The van der Waals surface area contributed by atoms with Crippen molar-refractivity contribution in [3.05, 3.63) is 64.9 Å². The molecule has 0 atom stereocenters. The Morgan fingerprint density at radius 2 is 1.80 bits per heavy atom. The third-order valence-corrected chi connectivity index (χ3v) is 6.32. The molecular weight excluding hydrogens is 440 g/mol. The molecule has 1 aliphatic heterocycles. The summed E-state index contributed by atoms with van der Waals surface area (Å²) in [5, 5.41) is 5.77. The monoisotopic (exact) mass is 454 g/mol. The van der Waals surface area contributed by atoms with Crippen molar-refractivity contribution >= 4 is 62.9 Å². The van der Waals surface area contributed by atoms with Gasteiger partial charge in [0.05, 0.1) is 10.3 Å². The van der Waals surface area contributed by atoms with Gasteiger partial charge in [0.1, 0.15) is 4.83 Å². The second-order valence-electron chi connectivity index (χ2n) is 6.49.